The first-order chi connectivity index (χ1) is 19.5. The molecule has 0 aliphatic heterocycles. The van der Waals surface area contributed by atoms with Crippen LogP contribution in [0.5, 0.6) is 0 Å². The number of fused-ring (bicyclic) bond motifs is 1. The number of halogens is 1. The SMILES string of the molecule is C[C@H]1CC[C@H](Cn2c(C3(c4ccccc4)CCC3)nc3nc(-c4noc(=O)[nH]4)nc(-c4cncc(Cl)c4)c32)CC1. The van der Waals surface area contributed by atoms with Crippen LogP contribution < -0.4 is 5.76 Å². The predicted molar refractivity (Wildman–Crippen MR) is 152 cm³/mol. The maximum absolute atomic E-state index is 11.8. The Kier molecular flexibility index (Phi) is 6.26. The molecule has 9 nitrogen and oxygen atoms in total. The molecule has 5 aromatic rings. The van der Waals surface area contributed by atoms with E-state index >= 15 is 0 Å². The first-order valence-electron chi connectivity index (χ1n) is 14.0. The van der Waals surface area contributed by atoms with Crippen LogP contribution in [-0.2, 0) is 12.0 Å². The van der Waals surface area contributed by atoms with Crippen molar-refractivity contribution in [2.45, 2.75) is 63.8 Å². The topological polar surface area (TPSA) is 115 Å². The fourth-order valence-electron chi connectivity index (χ4n) is 6.45. The van der Waals surface area contributed by atoms with Gasteiger partial charge in [0.2, 0.25) is 11.6 Å². The molecule has 4 heterocycles. The van der Waals surface area contributed by atoms with Crippen molar-refractivity contribution in [2.24, 2.45) is 11.8 Å². The van der Waals surface area contributed by atoms with Crippen molar-refractivity contribution in [3.8, 4) is 22.9 Å². The van der Waals surface area contributed by atoms with Gasteiger partial charge in [-0.05, 0) is 49.1 Å². The molecule has 10 heteroatoms. The first kappa shape index (κ1) is 25.1. The molecule has 0 saturated heterocycles. The molecule has 2 aliphatic rings. The third-order valence-electron chi connectivity index (χ3n) is 8.77. The number of H-pyrrole nitrogens is 1. The van der Waals surface area contributed by atoms with Crippen LogP contribution >= 0.6 is 11.6 Å². The maximum Gasteiger partial charge on any atom is 0.439 e. The molecule has 0 atom stereocenters. The Balaban J connectivity index is 1.50. The second-order valence-corrected chi connectivity index (χ2v) is 11.8. The van der Waals surface area contributed by atoms with E-state index < -0.39 is 5.76 Å². The Morgan fingerprint density at radius 3 is 2.55 bits per heavy atom. The predicted octanol–water partition coefficient (Wildman–Crippen LogP) is 6.18. The van der Waals surface area contributed by atoms with Crippen LogP contribution in [0.2, 0.25) is 5.02 Å². The van der Waals surface area contributed by atoms with Crippen molar-refractivity contribution in [1.29, 1.82) is 0 Å². The molecule has 204 valence electrons. The quantitative estimate of drug-likeness (QED) is 0.266. The van der Waals surface area contributed by atoms with Crippen LogP contribution in [0.25, 0.3) is 34.1 Å². The second-order valence-electron chi connectivity index (χ2n) is 11.4. The van der Waals surface area contributed by atoms with Gasteiger partial charge in [-0.3, -0.25) is 14.5 Å². The van der Waals surface area contributed by atoms with E-state index in [9.17, 15) is 4.79 Å². The molecule has 0 radical (unpaired) electrons. The second kappa shape index (κ2) is 9.96. The standard InChI is InChI=1S/C30H30ClN7O2/c1-18-8-10-19(11-9-18)17-38-24-23(20-14-22(31)16-32-15-20)33-26(27-36-29(39)40-37-27)34-25(24)35-28(38)30(12-5-13-30)21-6-3-2-4-7-21/h2-4,6-7,14-16,18-19H,5,8-13,17H2,1H3,(H,36,37,39)/t18-,19-. The van der Waals surface area contributed by atoms with E-state index in [1.165, 1.54) is 31.2 Å². The van der Waals surface area contributed by atoms with Gasteiger partial charge in [-0.2, -0.15) is 0 Å². The zero-order valence-electron chi connectivity index (χ0n) is 22.3. The lowest BCUT2D eigenvalue weighted by Crippen LogP contribution is -2.39. The molecule has 1 aromatic carbocycles. The molecule has 2 saturated carbocycles. The monoisotopic (exact) mass is 555 g/mol. The van der Waals surface area contributed by atoms with E-state index in [0.717, 1.165) is 48.6 Å². The average Bonchev–Trinajstić information content (AvgIpc) is 3.53. The highest BCUT2D eigenvalue weighted by atomic mass is 35.5. The van der Waals surface area contributed by atoms with E-state index in [4.69, 9.17) is 31.1 Å². The summed E-state index contributed by atoms with van der Waals surface area (Å²) in [6.07, 6.45) is 11.4. The Labute approximate surface area is 236 Å². The lowest BCUT2D eigenvalue weighted by Gasteiger charge is -2.42. The summed E-state index contributed by atoms with van der Waals surface area (Å²) in [5.74, 6) is 2.05. The molecule has 0 bridgehead atoms. The van der Waals surface area contributed by atoms with Gasteiger partial charge < -0.3 is 4.57 Å². The van der Waals surface area contributed by atoms with Crippen LogP contribution in [0, 0.1) is 11.8 Å². The molecule has 2 fully saturated rings. The molecule has 0 amide bonds. The number of nitrogens with zero attached hydrogens (tertiary/aromatic N) is 6. The van der Waals surface area contributed by atoms with Gasteiger partial charge in [0.05, 0.1) is 10.4 Å². The first-order valence-corrected chi connectivity index (χ1v) is 14.4. The minimum absolute atomic E-state index is 0.155. The molecule has 1 N–H and O–H groups in total. The molecular formula is C30H30ClN7O2. The van der Waals surface area contributed by atoms with Gasteiger partial charge in [0.15, 0.2) is 5.65 Å². The van der Waals surface area contributed by atoms with E-state index in [1.54, 1.807) is 12.4 Å². The molecule has 2 aliphatic carbocycles. The van der Waals surface area contributed by atoms with Crippen molar-refractivity contribution in [3.05, 3.63) is 75.8 Å². The van der Waals surface area contributed by atoms with Gasteiger partial charge in [0.25, 0.3) is 0 Å². The summed E-state index contributed by atoms with van der Waals surface area (Å²) in [7, 11) is 0. The molecule has 0 unspecified atom stereocenters. The van der Waals surface area contributed by atoms with Gasteiger partial charge in [-0.15, -0.1) is 0 Å². The third kappa shape index (κ3) is 4.33. The largest absolute Gasteiger partial charge is 0.439 e. The number of rotatable bonds is 6. The smallest absolute Gasteiger partial charge is 0.324 e. The van der Waals surface area contributed by atoms with Gasteiger partial charge in [0, 0.05) is 24.5 Å². The van der Waals surface area contributed by atoms with Gasteiger partial charge >= 0.3 is 5.76 Å². The number of pyridine rings is 1. The zero-order chi connectivity index (χ0) is 27.3. The van der Waals surface area contributed by atoms with Crippen LogP contribution in [0.15, 0.2) is 58.1 Å². The third-order valence-corrected chi connectivity index (χ3v) is 8.98. The van der Waals surface area contributed by atoms with Crippen molar-refractivity contribution < 1.29 is 4.52 Å². The highest BCUT2D eigenvalue weighted by Gasteiger charge is 2.45. The molecule has 40 heavy (non-hydrogen) atoms. The van der Waals surface area contributed by atoms with Gasteiger partial charge in [-0.1, -0.05) is 73.3 Å². The Morgan fingerprint density at radius 1 is 1.07 bits per heavy atom. The highest BCUT2D eigenvalue weighted by molar-refractivity contribution is 6.30. The zero-order valence-corrected chi connectivity index (χ0v) is 23.1. The summed E-state index contributed by atoms with van der Waals surface area (Å²) >= 11 is 6.40. The van der Waals surface area contributed by atoms with Crippen LogP contribution in [0.3, 0.4) is 0 Å². The number of hydrogen-bond donors (Lipinski definition) is 1. The number of imidazole rings is 1. The van der Waals surface area contributed by atoms with E-state index in [2.05, 4.69) is 56.9 Å². The summed E-state index contributed by atoms with van der Waals surface area (Å²) in [4.78, 5) is 33.7. The molecular weight excluding hydrogens is 526 g/mol. The lowest BCUT2D eigenvalue weighted by molar-refractivity contribution is 0.242. The average molecular weight is 556 g/mol. The van der Waals surface area contributed by atoms with Crippen molar-refractivity contribution in [2.75, 3.05) is 0 Å². The molecule has 0 spiro atoms. The molecule has 7 rings (SSSR count). The Morgan fingerprint density at radius 2 is 1.88 bits per heavy atom. The fourth-order valence-corrected chi connectivity index (χ4v) is 6.63. The highest BCUT2D eigenvalue weighted by Crippen LogP contribution is 2.50. The van der Waals surface area contributed by atoms with Gasteiger partial charge in [0.1, 0.15) is 17.0 Å². The fraction of sp³-hybridized carbons (Fsp3) is 0.400. The summed E-state index contributed by atoms with van der Waals surface area (Å²) in [6.45, 7) is 3.19. The lowest BCUT2D eigenvalue weighted by atomic mass is 9.63. The number of hydrogen-bond acceptors (Lipinski definition) is 7. The summed E-state index contributed by atoms with van der Waals surface area (Å²) in [5, 5.41) is 4.36. The summed E-state index contributed by atoms with van der Waals surface area (Å²) in [5.41, 5.74) is 3.90. The summed E-state index contributed by atoms with van der Waals surface area (Å²) < 4.78 is 7.15. The van der Waals surface area contributed by atoms with Crippen molar-refractivity contribution >= 4 is 22.8 Å². The van der Waals surface area contributed by atoms with E-state index in [-0.39, 0.29) is 17.1 Å². The normalized spacial score (nSPS) is 20.4. The van der Waals surface area contributed by atoms with E-state index in [1.807, 2.05) is 6.07 Å². The Bertz CT molecular complexity index is 1730. The maximum atomic E-state index is 11.8. The molecule has 4 aromatic heterocycles. The minimum atomic E-state index is -0.667. The van der Waals surface area contributed by atoms with Gasteiger partial charge in [-0.25, -0.2) is 19.7 Å². The summed E-state index contributed by atoms with van der Waals surface area (Å²) in [6, 6.07) is 12.5. The van der Waals surface area contributed by atoms with E-state index in [0.29, 0.717) is 22.3 Å². The van der Waals surface area contributed by atoms with Crippen LogP contribution in [0.4, 0.5) is 0 Å². The number of aromatic nitrogens is 7. The van der Waals surface area contributed by atoms with Crippen molar-refractivity contribution in [1.82, 2.24) is 34.6 Å². The number of nitrogens with one attached hydrogen (secondary N) is 1. The minimum Gasteiger partial charge on any atom is -0.324 e. The van der Waals surface area contributed by atoms with Crippen LogP contribution in [0.1, 0.15) is 63.3 Å². The Hall–Kier alpha value is -3.85. The number of benzene rings is 1. The van der Waals surface area contributed by atoms with Crippen molar-refractivity contribution in [3.63, 3.8) is 0 Å². The van der Waals surface area contributed by atoms with Crippen LogP contribution in [-0.4, -0.2) is 34.6 Å². The number of aromatic amines is 1.